The van der Waals surface area contributed by atoms with Gasteiger partial charge in [0.2, 0.25) is 0 Å². The van der Waals surface area contributed by atoms with E-state index in [4.69, 9.17) is 11.6 Å². The fourth-order valence-corrected chi connectivity index (χ4v) is 3.59. The summed E-state index contributed by atoms with van der Waals surface area (Å²) in [6.45, 7) is 3.37. The number of rotatable bonds is 4. The maximum absolute atomic E-state index is 6.18. The second-order valence-electron chi connectivity index (χ2n) is 4.74. The molecule has 1 atom stereocenters. The second kappa shape index (κ2) is 4.65. The zero-order valence-electron chi connectivity index (χ0n) is 9.29. The number of hydrogen-bond donors (Lipinski definition) is 1. The van der Waals surface area contributed by atoms with Gasteiger partial charge in [0, 0.05) is 30.1 Å². The molecular formula is C12H17ClN2S. The van der Waals surface area contributed by atoms with E-state index in [1.807, 2.05) is 6.07 Å². The van der Waals surface area contributed by atoms with Gasteiger partial charge in [0.1, 0.15) is 0 Å². The van der Waals surface area contributed by atoms with Crippen LogP contribution in [-0.4, -0.2) is 30.1 Å². The Morgan fingerprint density at radius 1 is 1.38 bits per heavy atom. The molecule has 1 aliphatic heterocycles. The predicted octanol–water partition coefficient (Wildman–Crippen LogP) is 2.73. The van der Waals surface area contributed by atoms with Gasteiger partial charge in [-0.3, -0.25) is 4.90 Å². The van der Waals surface area contributed by atoms with Gasteiger partial charge in [-0.05, 0) is 37.3 Å². The van der Waals surface area contributed by atoms with E-state index in [0.29, 0.717) is 0 Å². The van der Waals surface area contributed by atoms with E-state index in [1.165, 1.54) is 30.7 Å². The van der Waals surface area contributed by atoms with Crippen LogP contribution in [0.2, 0.25) is 5.02 Å². The molecule has 1 saturated carbocycles. The van der Waals surface area contributed by atoms with Crippen molar-refractivity contribution in [2.45, 2.75) is 37.9 Å². The van der Waals surface area contributed by atoms with Gasteiger partial charge >= 0.3 is 0 Å². The minimum Gasteiger partial charge on any atom is -0.315 e. The van der Waals surface area contributed by atoms with Crippen LogP contribution >= 0.6 is 22.9 Å². The Morgan fingerprint density at radius 2 is 2.25 bits per heavy atom. The van der Waals surface area contributed by atoms with Crippen molar-refractivity contribution in [2.75, 3.05) is 13.1 Å². The van der Waals surface area contributed by atoms with Crippen molar-refractivity contribution in [3.05, 3.63) is 21.3 Å². The van der Waals surface area contributed by atoms with E-state index in [-0.39, 0.29) is 0 Å². The van der Waals surface area contributed by atoms with Crippen molar-refractivity contribution >= 4 is 22.9 Å². The van der Waals surface area contributed by atoms with Crippen LogP contribution in [0, 0.1) is 0 Å². The quantitative estimate of drug-likeness (QED) is 0.891. The first-order valence-corrected chi connectivity index (χ1v) is 7.28. The van der Waals surface area contributed by atoms with E-state index in [2.05, 4.69) is 15.6 Å². The average molecular weight is 257 g/mol. The first-order chi connectivity index (χ1) is 7.84. The van der Waals surface area contributed by atoms with E-state index in [9.17, 15) is 0 Å². The standard InChI is InChI=1S/C12H17ClN2S/c13-11-4-6-16-12(11)8-15(9-1-2-9)10-3-5-14-7-10/h4,6,9-10,14H,1-3,5,7-8H2. The average Bonchev–Trinajstić information content (AvgIpc) is 2.82. The molecule has 1 N–H and O–H groups in total. The molecule has 0 aromatic carbocycles. The molecule has 2 heterocycles. The van der Waals surface area contributed by atoms with Crippen LogP contribution < -0.4 is 5.32 Å². The van der Waals surface area contributed by atoms with Crippen molar-refractivity contribution in [3.63, 3.8) is 0 Å². The maximum Gasteiger partial charge on any atom is 0.0558 e. The Kier molecular flexibility index (Phi) is 3.20. The van der Waals surface area contributed by atoms with Crippen molar-refractivity contribution < 1.29 is 0 Å². The van der Waals surface area contributed by atoms with Crippen molar-refractivity contribution in [1.29, 1.82) is 0 Å². The molecule has 2 aliphatic rings. The number of hydrogen-bond acceptors (Lipinski definition) is 3. The van der Waals surface area contributed by atoms with Crippen LogP contribution in [0.15, 0.2) is 11.4 Å². The summed E-state index contributed by atoms with van der Waals surface area (Å²) >= 11 is 7.97. The van der Waals surface area contributed by atoms with Crippen LogP contribution in [0.5, 0.6) is 0 Å². The lowest BCUT2D eigenvalue weighted by atomic mass is 10.2. The molecule has 0 spiro atoms. The maximum atomic E-state index is 6.18. The highest BCUT2D eigenvalue weighted by Gasteiger charge is 2.35. The van der Waals surface area contributed by atoms with E-state index >= 15 is 0 Å². The smallest absolute Gasteiger partial charge is 0.0558 e. The highest BCUT2D eigenvalue weighted by molar-refractivity contribution is 7.10. The van der Waals surface area contributed by atoms with Crippen molar-refractivity contribution in [2.24, 2.45) is 0 Å². The number of nitrogens with zero attached hydrogens (tertiary/aromatic N) is 1. The summed E-state index contributed by atoms with van der Waals surface area (Å²) < 4.78 is 0. The minimum atomic E-state index is 0.727. The summed E-state index contributed by atoms with van der Waals surface area (Å²) in [5.74, 6) is 0. The first kappa shape index (κ1) is 11.0. The van der Waals surface area contributed by atoms with Crippen LogP contribution in [0.25, 0.3) is 0 Å². The third-order valence-corrected chi connectivity index (χ3v) is 4.91. The van der Waals surface area contributed by atoms with Gasteiger partial charge in [-0.1, -0.05) is 11.6 Å². The summed E-state index contributed by atoms with van der Waals surface area (Å²) in [6, 6.07) is 3.56. The van der Waals surface area contributed by atoms with Gasteiger partial charge in [-0.25, -0.2) is 0 Å². The van der Waals surface area contributed by atoms with Crippen LogP contribution in [0.4, 0.5) is 0 Å². The number of nitrogens with one attached hydrogen (secondary N) is 1. The van der Waals surface area contributed by atoms with Crippen LogP contribution in [-0.2, 0) is 6.54 Å². The van der Waals surface area contributed by atoms with Gasteiger partial charge in [-0.15, -0.1) is 11.3 Å². The lowest BCUT2D eigenvalue weighted by Crippen LogP contribution is -2.37. The van der Waals surface area contributed by atoms with Crippen LogP contribution in [0.1, 0.15) is 24.1 Å². The molecule has 1 aliphatic carbocycles. The summed E-state index contributed by atoms with van der Waals surface area (Å²) in [4.78, 5) is 4.00. The molecule has 0 bridgehead atoms. The molecule has 88 valence electrons. The Morgan fingerprint density at radius 3 is 2.81 bits per heavy atom. The summed E-state index contributed by atoms with van der Waals surface area (Å²) in [7, 11) is 0. The van der Waals surface area contributed by atoms with Gasteiger partial charge in [0.05, 0.1) is 5.02 Å². The van der Waals surface area contributed by atoms with E-state index in [0.717, 1.165) is 30.2 Å². The molecule has 1 saturated heterocycles. The molecule has 2 nitrogen and oxygen atoms in total. The highest BCUT2D eigenvalue weighted by atomic mass is 35.5. The molecule has 16 heavy (non-hydrogen) atoms. The van der Waals surface area contributed by atoms with E-state index < -0.39 is 0 Å². The monoisotopic (exact) mass is 256 g/mol. The molecule has 2 fully saturated rings. The molecule has 1 unspecified atom stereocenters. The zero-order valence-corrected chi connectivity index (χ0v) is 10.9. The largest absolute Gasteiger partial charge is 0.315 e. The van der Waals surface area contributed by atoms with Crippen LogP contribution in [0.3, 0.4) is 0 Å². The fraction of sp³-hybridized carbons (Fsp3) is 0.667. The zero-order chi connectivity index (χ0) is 11.0. The normalized spacial score (nSPS) is 25.5. The Hall–Kier alpha value is -0.0900. The lowest BCUT2D eigenvalue weighted by Gasteiger charge is -2.27. The van der Waals surface area contributed by atoms with E-state index in [1.54, 1.807) is 11.3 Å². The third kappa shape index (κ3) is 2.28. The predicted molar refractivity (Wildman–Crippen MR) is 69.2 cm³/mol. The third-order valence-electron chi connectivity index (χ3n) is 3.54. The Bertz CT molecular complexity index is 356. The van der Waals surface area contributed by atoms with Gasteiger partial charge in [-0.2, -0.15) is 0 Å². The van der Waals surface area contributed by atoms with Crippen molar-refractivity contribution in [1.82, 2.24) is 10.2 Å². The topological polar surface area (TPSA) is 15.3 Å². The lowest BCUT2D eigenvalue weighted by molar-refractivity contribution is 0.190. The number of halogens is 1. The Balaban J connectivity index is 1.71. The fourth-order valence-electron chi connectivity index (χ4n) is 2.49. The molecular weight excluding hydrogens is 240 g/mol. The summed E-state index contributed by atoms with van der Waals surface area (Å²) in [5.41, 5.74) is 0. The first-order valence-electron chi connectivity index (χ1n) is 6.03. The molecule has 1 aromatic heterocycles. The molecule has 3 rings (SSSR count). The molecule has 0 radical (unpaired) electrons. The Labute approximate surface area is 106 Å². The minimum absolute atomic E-state index is 0.727. The van der Waals surface area contributed by atoms with Gasteiger partial charge in [0.15, 0.2) is 0 Å². The summed E-state index contributed by atoms with van der Waals surface area (Å²) in [5, 5.41) is 6.50. The van der Waals surface area contributed by atoms with Gasteiger partial charge in [0.25, 0.3) is 0 Å². The summed E-state index contributed by atoms with van der Waals surface area (Å²) in [6.07, 6.45) is 4.04. The van der Waals surface area contributed by atoms with Crippen molar-refractivity contribution in [3.8, 4) is 0 Å². The highest BCUT2D eigenvalue weighted by Crippen LogP contribution is 2.34. The second-order valence-corrected chi connectivity index (χ2v) is 6.15. The molecule has 1 aromatic rings. The number of thiophene rings is 1. The SMILES string of the molecule is Clc1ccsc1CN(C1CC1)C1CCNC1. The molecule has 0 amide bonds. The van der Waals surface area contributed by atoms with Gasteiger partial charge < -0.3 is 5.32 Å². The molecule has 4 heteroatoms.